The van der Waals surface area contributed by atoms with Crippen molar-refractivity contribution in [1.82, 2.24) is 24.6 Å². The predicted molar refractivity (Wildman–Crippen MR) is 100.0 cm³/mol. The zero-order valence-corrected chi connectivity index (χ0v) is 15.3. The van der Waals surface area contributed by atoms with Crippen molar-refractivity contribution in [3.8, 4) is 0 Å². The number of rotatable bonds is 5. The second kappa shape index (κ2) is 8.60. The lowest BCUT2D eigenvalue weighted by atomic mass is 10.1. The Bertz CT molecular complexity index is 653. The van der Waals surface area contributed by atoms with Crippen molar-refractivity contribution >= 4 is 5.95 Å². The summed E-state index contributed by atoms with van der Waals surface area (Å²) in [6.45, 7) is 6.60. The van der Waals surface area contributed by atoms with Crippen molar-refractivity contribution in [2.75, 3.05) is 37.7 Å². The third-order valence-corrected chi connectivity index (χ3v) is 5.12. The van der Waals surface area contributed by atoms with Crippen molar-refractivity contribution in [3.05, 3.63) is 36.4 Å². The lowest BCUT2D eigenvalue weighted by molar-refractivity contribution is 0.0391. The Morgan fingerprint density at radius 2 is 1.88 bits per heavy atom. The lowest BCUT2D eigenvalue weighted by Crippen LogP contribution is -2.34. The molecule has 0 bridgehead atoms. The highest BCUT2D eigenvalue weighted by Crippen LogP contribution is 2.16. The maximum Gasteiger partial charge on any atom is 0.225 e. The van der Waals surface area contributed by atoms with Gasteiger partial charge < -0.3 is 9.64 Å². The van der Waals surface area contributed by atoms with Gasteiger partial charge in [0.2, 0.25) is 5.95 Å². The van der Waals surface area contributed by atoms with Gasteiger partial charge in [-0.3, -0.25) is 9.58 Å². The van der Waals surface area contributed by atoms with E-state index in [1.54, 1.807) is 0 Å². The molecule has 7 heteroatoms. The van der Waals surface area contributed by atoms with Crippen LogP contribution in [0, 0.1) is 0 Å². The smallest absolute Gasteiger partial charge is 0.225 e. The van der Waals surface area contributed by atoms with Gasteiger partial charge in [0.1, 0.15) is 0 Å². The third-order valence-electron chi connectivity index (χ3n) is 5.12. The summed E-state index contributed by atoms with van der Waals surface area (Å²) >= 11 is 0. The number of nitrogens with zero attached hydrogens (tertiary/aromatic N) is 6. The van der Waals surface area contributed by atoms with Gasteiger partial charge in [-0.2, -0.15) is 5.10 Å². The summed E-state index contributed by atoms with van der Waals surface area (Å²) in [6.07, 6.45) is 12.8. The number of aromatic nitrogens is 4. The Balaban J connectivity index is 1.34. The average Bonchev–Trinajstić information content (AvgIpc) is 3.09. The molecule has 2 aromatic rings. The highest BCUT2D eigenvalue weighted by atomic mass is 16.5. The molecule has 140 valence electrons. The molecule has 0 saturated carbocycles. The summed E-state index contributed by atoms with van der Waals surface area (Å²) in [5, 5.41) is 4.30. The molecule has 0 aromatic carbocycles. The minimum atomic E-state index is 0.172. The van der Waals surface area contributed by atoms with Crippen molar-refractivity contribution in [3.63, 3.8) is 0 Å². The number of hydrogen-bond donors (Lipinski definition) is 0. The second-order valence-electron chi connectivity index (χ2n) is 7.25. The van der Waals surface area contributed by atoms with E-state index < -0.39 is 0 Å². The van der Waals surface area contributed by atoms with Crippen LogP contribution in [0.15, 0.2) is 30.9 Å². The van der Waals surface area contributed by atoms with E-state index >= 15 is 0 Å². The Labute approximate surface area is 155 Å². The fraction of sp³-hybridized carbons (Fsp3) is 0.632. The largest absolute Gasteiger partial charge is 0.375 e. The van der Waals surface area contributed by atoms with Gasteiger partial charge in [-0.25, -0.2) is 9.97 Å². The standard InChI is InChI=1S/C19H28N6O/c1-2-8-24(9-3-1)19-20-12-17(13-21-19)14-23-7-5-11-26-18(15-23)16-25-10-4-6-22-25/h4,6,10,12-13,18H,1-3,5,7-9,11,14-16H2. The molecule has 2 aliphatic rings. The van der Waals surface area contributed by atoms with Crippen LogP contribution in [0.25, 0.3) is 0 Å². The molecule has 0 amide bonds. The van der Waals surface area contributed by atoms with E-state index in [1.807, 2.05) is 35.5 Å². The van der Waals surface area contributed by atoms with Gasteiger partial charge in [-0.05, 0) is 31.7 Å². The SMILES string of the molecule is c1cnn(CC2CN(Cc3cnc(N4CCCCC4)nc3)CCCO2)c1. The molecule has 0 spiro atoms. The van der Waals surface area contributed by atoms with Crippen molar-refractivity contribution in [2.45, 2.75) is 44.9 Å². The first kappa shape index (κ1) is 17.4. The fourth-order valence-electron chi connectivity index (χ4n) is 3.79. The molecule has 4 rings (SSSR count). The van der Waals surface area contributed by atoms with E-state index in [2.05, 4.69) is 24.9 Å². The highest BCUT2D eigenvalue weighted by molar-refractivity contribution is 5.30. The number of piperidine rings is 1. The van der Waals surface area contributed by atoms with Crippen molar-refractivity contribution in [2.24, 2.45) is 0 Å². The molecule has 2 saturated heterocycles. The molecule has 2 fully saturated rings. The van der Waals surface area contributed by atoms with E-state index in [0.29, 0.717) is 0 Å². The normalized spacial score (nSPS) is 22.3. The number of ether oxygens (including phenoxy) is 1. The molecular formula is C19H28N6O. The van der Waals surface area contributed by atoms with Crippen LogP contribution in [0.3, 0.4) is 0 Å². The Kier molecular flexibility index (Phi) is 5.76. The van der Waals surface area contributed by atoms with Gasteiger partial charge in [0.25, 0.3) is 0 Å². The monoisotopic (exact) mass is 356 g/mol. The summed E-state index contributed by atoms with van der Waals surface area (Å²) in [4.78, 5) is 14.0. The van der Waals surface area contributed by atoms with Crippen LogP contribution in [0.4, 0.5) is 5.95 Å². The van der Waals surface area contributed by atoms with Crippen LogP contribution in [-0.2, 0) is 17.8 Å². The highest BCUT2D eigenvalue weighted by Gasteiger charge is 2.20. The lowest BCUT2D eigenvalue weighted by Gasteiger charge is -2.27. The van der Waals surface area contributed by atoms with Gasteiger partial charge in [0.15, 0.2) is 0 Å². The molecule has 0 N–H and O–H groups in total. The van der Waals surface area contributed by atoms with Gasteiger partial charge in [-0.15, -0.1) is 0 Å². The molecule has 1 atom stereocenters. The fourth-order valence-corrected chi connectivity index (χ4v) is 3.79. The molecule has 1 unspecified atom stereocenters. The summed E-state index contributed by atoms with van der Waals surface area (Å²) < 4.78 is 7.95. The first-order chi connectivity index (χ1) is 12.9. The molecule has 26 heavy (non-hydrogen) atoms. The van der Waals surface area contributed by atoms with E-state index in [-0.39, 0.29) is 6.10 Å². The molecule has 4 heterocycles. The summed E-state index contributed by atoms with van der Waals surface area (Å²) in [7, 11) is 0. The summed E-state index contributed by atoms with van der Waals surface area (Å²) in [6, 6.07) is 1.95. The summed E-state index contributed by atoms with van der Waals surface area (Å²) in [5.74, 6) is 0.879. The van der Waals surface area contributed by atoms with Crippen LogP contribution in [-0.4, -0.2) is 63.5 Å². The zero-order chi connectivity index (χ0) is 17.6. The van der Waals surface area contributed by atoms with Gasteiger partial charge in [-0.1, -0.05) is 0 Å². The predicted octanol–water partition coefficient (Wildman–Crippen LogP) is 1.95. The quantitative estimate of drug-likeness (QED) is 0.816. The first-order valence-corrected chi connectivity index (χ1v) is 9.74. The van der Waals surface area contributed by atoms with E-state index in [9.17, 15) is 0 Å². The van der Waals surface area contributed by atoms with Crippen LogP contribution < -0.4 is 4.90 Å². The van der Waals surface area contributed by atoms with Gasteiger partial charge in [0, 0.05) is 69.7 Å². The minimum absolute atomic E-state index is 0.172. The summed E-state index contributed by atoms with van der Waals surface area (Å²) in [5.41, 5.74) is 1.17. The van der Waals surface area contributed by atoms with Gasteiger partial charge in [0.05, 0.1) is 12.6 Å². The topological polar surface area (TPSA) is 59.3 Å². The van der Waals surface area contributed by atoms with E-state index in [4.69, 9.17) is 4.74 Å². The maximum absolute atomic E-state index is 6.00. The van der Waals surface area contributed by atoms with E-state index in [1.165, 1.54) is 24.8 Å². The molecular weight excluding hydrogens is 328 g/mol. The Morgan fingerprint density at radius 1 is 1.04 bits per heavy atom. The first-order valence-electron chi connectivity index (χ1n) is 9.74. The molecule has 2 aromatic heterocycles. The Morgan fingerprint density at radius 3 is 2.65 bits per heavy atom. The number of anilines is 1. The van der Waals surface area contributed by atoms with Crippen LogP contribution in [0.1, 0.15) is 31.2 Å². The third kappa shape index (κ3) is 4.59. The van der Waals surface area contributed by atoms with Crippen molar-refractivity contribution < 1.29 is 4.74 Å². The van der Waals surface area contributed by atoms with Gasteiger partial charge >= 0.3 is 0 Å². The van der Waals surface area contributed by atoms with E-state index in [0.717, 1.165) is 58.2 Å². The zero-order valence-electron chi connectivity index (χ0n) is 15.3. The molecule has 0 aliphatic carbocycles. The molecule has 7 nitrogen and oxygen atoms in total. The minimum Gasteiger partial charge on any atom is -0.375 e. The van der Waals surface area contributed by atoms with Crippen LogP contribution >= 0.6 is 0 Å². The second-order valence-corrected chi connectivity index (χ2v) is 7.25. The van der Waals surface area contributed by atoms with Crippen LogP contribution in [0.2, 0.25) is 0 Å². The van der Waals surface area contributed by atoms with Crippen molar-refractivity contribution in [1.29, 1.82) is 0 Å². The molecule has 2 aliphatic heterocycles. The number of hydrogen-bond acceptors (Lipinski definition) is 6. The van der Waals surface area contributed by atoms with Crippen LogP contribution in [0.5, 0.6) is 0 Å². The molecule has 0 radical (unpaired) electrons. The average molecular weight is 356 g/mol. The maximum atomic E-state index is 6.00. The Hall–Kier alpha value is -1.99.